The number of benzene rings is 1. The Bertz CT molecular complexity index is 965. The average Bonchev–Trinajstić information content (AvgIpc) is 2.74. The van der Waals surface area contributed by atoms with Crippen molar-refractivity contribution < 1.29 is 27.5 Å². The third kappa shape index (κ3) is 5.23. The number of phenols is 1. The number of carbonyl (C=O) groups is 1. The summed E-state index contributed by atoms with van der Waals surface area (Å²) in [6.07, 6.45) is -2.89. The van der Waals surface area contributed by atoms with Crippen LogP contribution in [0.4, 0.5) is 29.1 Å². The molecule has 2 aromatic rings. The molecule has 6 nitrogen and oxygen atoms in total. The minimum Gasteiger partial charge on any atom is -0.506 e. The number of nitrogens with zero attached hydrogens (tertiary/aromatic N) is 2. The highest BCUT2D eigenvalue weighted by Gasteiger charge is 2.34. The number of nitrogens with one attached hydrogen (secondary N) is 1. The van der Waals surface area contributed by atoms with Crippen LogP contribution < -0.4 is 16.0 Å². The number of carbonyl (C=O) groups excluding carboxylic acids is 1. The van der Waals surface area contributed by atoms with Crippen molar-refractivity contribution in [2.75, 3.05) is 23.7 Å². The van der Waals surface area contributed by atoms with Gasteiger partial charge >= 0.3 is 6.18 Å². The lowest BCUT2D eigenvalue weighted by molar-refractivity contribution is -0.141. The average molecular weight is 454 g/mol. The Balaban J connectivity index is 1.79. The first kappa shape index (κ1) is 23.6. The Kier molecular flexibility index (Phi) is 6.80. The van der Waals surface area contributed by atoms with Crippen molar-refractivity contribution >= 4 is 17.4 Å². The Hall–Kier alpha value is -3.04. The minimum absolute atomic E-state index is 0.0425. The number of anilines is 2. The van der Waals surface area contributed by atoms with Gasteiger partial charge in [-0.3, -0.25) is 4.79 Å². The van der Waals surface area contributed by atoms with Gasteiger partial charge in [0.2, 0.25) is 5.91 Å². The number of alkyl halides is 3. The number of rotatable bonds is 5. The molecule has 0 radical (unpaired) electrons. The maximum atomic E-state index is 13.8. The van der Waals surface area contributed by atoms with Gasteiger partial charge in [-0.05, 0) is 49.4 Å². The highest BCUT2D eigenvalue weighted by molar-refractivity contribution is 5.83. The summed E-state index contributed by atoms with van der Waals surface area (Å²) in [5, 5.41) is 12.4. The fourth-order valence-electron chi connectivity index (χ4n) is 3.63. The van der Waals surface area contributed by atoms with Crippen LogP contribution in [0.5, 0.6) is 5.75 Å². The molecule has 2 heterocycles. The number of nitrogens with two attached hydrogens (primary N) is 1. The van der Waals surface area contributed by atoms with Gasteiger partial charge < -0.3 is 21.1 Å². The normalized spacial score (nSPS) is 16.1. The van der Waals surface area contributed by atoms with E-state index in [-0.39, 0.29) is 17.9 Å². The first-order valence-electron chi connectivity index (χ1n) is 10.3. The van der Waals surface area contributed by atoms with Crippen LogP contribution in [0, 0.1) is 11.7 Å². The van der Waals surface area contributed by atoms with Gasteiger partial charge in [-0.15, -0.1) is 0 Å². The standard InChI is InChI=1S/C22H26F4N4O2/c1-12-5-7-30(8-6-12)20-14(3-4-18(29-20)22(24,25)26)11-28-21(32)13(2)15-9-16(23)19(27)17(31)10-15/h3-4,9-10,12-13,31H,5-8,11,27H2,1-2H3,(H,28,32). The summed E-state index contributed by atoms with van der Waals surface area (Å²) in [6.45, 7) is 4.74. The third-order valence-corrected chi connectivity index (χ3v) is 5.81. The van der Waals surface area contributed by atoms with Crippen molar-refractivity contribution in [3.05, 3.63) is 46.9 Å². The van der Waals surface area contributed by atoms with E-state index >= 15 is 0 Å². The molecule has 0 aliphatic carbocycles. The highest BCUT2D eigenvalue weighted by Crippen LogP contribution is 2.32. The van der Waals surface area contributed by atoms with E-state index < -0.39 is 40.9 Å². The van der Waals surface area contributed by atoms with Crippen LogP contribution in [0.3, 0.4) is 0 Å². The maximum Gasteiger partial charge on any atom is 0.433 e. The van der Waals surface area contributed by atoms with Crippen molar-refractivity contribution in [2.45, 2.75) is 45.3 Å². The van der Waals surface area contributed by atoms with E-state index in [1.165, 1.54) is 19.1 Å². The number of nitrogen functional groups attached to an aromatic ring is 1. The van der Waals surface area contributed by atoms with Crippen LogP contribution in [0.2, 0.25) is 0 Å². The predicted molar refractivity (Wildman–Crippen MR) is 113 cm³/mol. The van der Waals surface area contributed by atoms with Crippen molar-refractivity contribution in [1.82, 2.24) is 10.3 Å². The molecular weight excluding hydrogens is 428 g/mol. The number of hydrogen-bond acceptors (Lipinski definition) is 5. The third-order valence-electron chi connectivity index (χ3n) is 5.81. The van der Waals surface area contributed by atoms with E-state index in [4.69, 9.17) is 5.73 Å². The largest absolute Gasteiger partial charge is 0.506 e. The Morgan fingerprint density at radius 2 is 1.97 bits per heavy atom. The highest BCUT2D eigenvalue weighted by atomic mass is 19.4. The molecule has 32 heavy (non-hydrogen) atoms. The number of piperidine rings is 1. The topological polar surface area (TPSA) is 91.5 Å². The van der Waals surface area contributed by atoms with Gasteiger partial charge in [0, 0.05) is 25.2 Å². The molecule has 1 unspecified atom stereocenters. The number of phenolic OH excluding ortho intramolecular Hbond substituents is 1. The number of hydrogen-bond donors (Lipinski definition) is 3. The molecule has 1 aliphatic heterocycles. The molecular formula is C22H26F4N4O2. The maximum absolute atomic E-state index is 13.8. The van der Waals surface area contributed by atoms with E-state index in [1.807, 2.05) is 4.90 Å². The number of halogens is 4. The van der Waals surface area contributed by atoms with Crippen LogP contribution in [0.15, 0.2) is 24.3 Å². The van der Waals surface area contributed by atoms with Crippen molar-refractivity contribution in [2.24, 2.45) is 5.92 Å². The van der Waals surface area contributed by atoms with Crippen LogP contribution in [0.1, 0.15) is 49.4 Å². The molecule has 1 atom stereocenters. The fourth-order valence-corrected chi connectivity index (χ4v) is 3.63. The van der Waals surface area contributed by atoms with Gasteiger partial charge in [-0.1, -0.05) is 13.0 Å². The van der Waals surface area contributed by atoms with E-state index in [0.717, 1.165) is 25.0 Å². The second kappa shape index (κ2) is 9.22. The lowest BCUT2D eigenvalue weighted by Crippen LogP contribution is -2.35. The predicted octanol–water partition coefficient (Wildman–Crippen LogP) is 4.18. The van der Waals surface area contributed by atoms with Crippen molar-refractivity contribution in [1.29, 1.82) is 0 Å². The van der Waals surface area contributed by atoms with Gasteiger partial charge in [0.15, 0.2) is 0 Å². The zero-order valence-electron chi connectivity index (χ0n) is 17.8. The molecule has 1 aliphatic rings. The van der Waals surface area contributed by atoms with Gasteiger partial charge in [0.05, 0.1) is 5.92 Å². The molecule has 0 spiro atoms. The first-order chi connectivity index (χ1) is 15.0. The van der Waals surface area contributed by atoms with Gasteiger partial charge in [-0.25, -0.2) is 9.37 Å². The summed E-state index contributed by atoms with van der Waals surface area (Å²) in [6, 6.07) is 4.50. The van der Waals surface area contributed by atoms with Crippen molar-refractivity contribution in [3.63, 3.8) is 0 Å². The Morgan fingerprint density at radius 1 is 1.31 bits per heavy atom. The van der Waals surface area contributed by atoms with Gasteiger partial charge in [0.25, 0.3) is 0 Å². The number of aromatic hydroxyl groups is 1. The van der Waals surface area contributed by atoms with Crippen LogP contribution >= 0.6 is 0 Å². The molecule has 4 N–H and O–H groups in total. The molecule has 0 saturated carbocycles. The molecule has 1 amide bonds. The SMILES string of the molecule is CC1CCN(c2nc(C(F)(F)F)ccc2CNC(=O)C(C)c2cc(O)c(N)c(F)c2)CC1. The zero-order chi connectivity index (χ0) is 23.6. The summed E-state index contributed by atoms with van der Waals surface area (Å²) < 4.78 is 53.5. The number of pyridine rings is 1. The van der Waals surface area contributed by atoms with Gasteiger partial charge in [-0.2, -0.15) is 13.2 Å². The summed E-state index contributed by atoms with van der Waals surface area (Å²) in [4.78, 5) is 18.3. The summed E-state index contributed by atoms with van der Waals surface area (Å²) in [5.41, 5.74) is 4.68. The monoisotopic (exact) mass is 454 g/mol. The zero-order valence-corrected chi connectivity index (χ0v) is 17.8. The molecule has 0 bridgehead atoms. The van der Waals surface area contributed by atoms with Crippen LogP contribution in [-0.2, 0) is 17.5 Å². The summed E-state index contributed by atoms with van der Waals surface area (Å²) >= 11 is 0. The number of amides is 1. The van der Waals surface area contributed by atoms with Gasteiger partial charge in [0.1, 0.15) is 28.8 Å². The Labute approximate surface area is 183 Å². The molecule has 1 aromatic heterocycles. The molecule has 3 rings (SSSR count). The molecule has 174 valence electrons. The lowest BCUT2D eigenvalue weighted by atomic mass is 9.98. The van der Waals surface area contributed by atoms with Crippen LogP contribution in [0.25, 0.3) is 0 Å². The lowest BCUT2D eigenvalue weighted by Gasteiger charge is -2.33. The van der Waals surface area contributed by atoms with E-state index in [0.29, 0.717) is 24.6 Å². The quantitative estimate of drug-likeness (QED) is 0.358. The summed E-state index contributed by atoms with van der Waals surface area (Å²) in [7, 11) is 0. The fraction of sp³-hybridized carbons (Fsp3) is 0.455. The molecule has 10 heteroatoms. The minimum atomic E-state index is -4.57. The Morgan fingerprint density at radius 3 is 2.56 bits per heavy atom. The van der Waals surface area contributed by atoms with E-state index in [2.05, 4.69) is 17.2 Å². The molecule has 1 fully saturated rings. The molecule has 1 saturated heterocycles. The van der Waals surface area contributed by atoms with Crippen LogP contribution in [-0.4, -0.2) is 29.1 Å². The van der Waals surface area contributed by atoms with Crippen molar-refractivity contribution in [3.8, 4) is 5.75 Å². The molecule has 1 aromatic carbocycles. The first-order valence-corrected chi connectivity index (χ1v) is 10.3. The smallest absolute Gasteiger partial charge is 0.433 e. The second-order valence-electron chi connectivity index (χ2n) is 8.22. The van der Waals surface area contributed by atoms with E-state index in [1.54, 1.807) is 0 Å². The number of aromatic nitrogens is 1. The summed E-state index contributed by atoms with van der Waals surface area (Å²) in [5.74, 6) is -1.92. The second-order valence-corrected chi connectivity index (χ2v) is 8.22. The van der Waals surface area contributed by atoms with E-state index in [9.17, 15) is 27.5 Å².